The number of halogens is 3. The summed E-state index contributed by atoms with van der Waals surface area (Å²) in [5, 5.41) is 2.75. The standard InChI is InChI=1S/C23H24F3N5O3/c1-23(2,3)34-22(33)29-17-10-19-18(8-13(17)12-7-15(25)16(26)9-14(12)24)28-20-6-11(21(32)30-27)4-5-31(19)20/h4-7,9,13,17H,8,10,27H2,1-3H3,(H,29,33)(H,30,32)/t13-,17+/m1/s1. The molecule has 0 saturated heterocycles. The van der Waals surface area contributed by atoms with E-state index in [9.17, 15) is 22.8 Å². The fraction of sp³-hybridized carbons (Fsp3) is 0.348. The molecule has 2 aromatic heterocycles. The number of hydrogen-bond acceptors (Lipinski definition) is 5. The van der Waals surface area contributed by atoms with Crippen LogP contribution in [0.25, 0.3) is 5.65 Å². The van der Waals surface area contributed by atoms with E-state index in [4.69, 9.17) is 10.6 Å². The number of nitrogen functional groups attached to an aromatic ring is 1. The Hall–Kier alpha value is -3.60. The first-order chi connectivity index (χ1) is 16.0. The molecule has 1 aromatic carbocycles. The van der Waals surface area contributed by atoms with Gasteiger partial charge in [0, 0.05) is 48.3 Å². The number of imidazole rings is 1. The van der Waals surface area contributed by atoms with Crippen LogP contribution >= 0.6 is 0 Å². The van der Waals surface area contributed by atoms with Crippen molar-refractivity contribution in [2.75, 3.05) is 0 Å². The summed E-state index contributed by atoms with van der Waals surface area (Å²) in [7, 11) is 0. The van der Waals surface area contributed by atoms with E-state index in [2.05, 4.69) is 15.7 Å². The molecule has 8 nitrogen and oxygen atoms in total. The van der Waals surface area contributed by atoms with Crippen molar-refractivity contribution in [1.82, 2.24) is 20.1 Å². The summed E-state index contributed by atoms with van der Waals surface area (Å²) in [5.41, 5.74) is 3.27. The fourth-order valence-electron chi connectivity index (χ4n) is 4.21. The number of ether oxygens (including phenoxy) is 1. The minimum atomic E-state index is -1.30. The van der Waals surface area contributed by atoms with Gasteiger partial charge in [-0.25, -0.2) is 28.8 Å². The molecule has 4 N–H and O–H groups in total. The van der Waals surface area contributed by atoms with Crippen LogP contribution in [-0.4, -0.2) is 33.0 Å². The van der Waals surface area contributed by atoms with Gasteiger partial charge in [0.25, 0.3) is 5.91 Å². The molecule has 0 saturated carbocycles. The SMILES string of the molecule is CC(C)(C)OC(=O)N[C@H]1Cc2c(nc3cc(C(=O)NN)ccn23)C[C@@H]1c1cc(F)c(F)cc1F. The molecule has 2 heterocycles. The van der Waals surface area contributed by atoms with Crippen LogP contribution in [0.3, 0.4) is 0 Å². The maximum atomic E-state index is 14.7. The average molecular weight is 475 g/mol. The first kappa shape index (κ1) is 23.6. The third kappa shape index (κ3) is 4.56. The highest BCUT2D eigenvalue weighted by atomic mass is 19.2. The van der Waals surface area contributed by atoms with Gasteiger partial charge < -0.3 is 14.5 Å². The Labute approximate surface area is 193 Å². The van der Waals surface area contributed by atoms with Gasteiger partial charge in [0.15, 0.2) is 11.6 Å². The maximum Gasteiger partial charge on any atom is 0.407 e. The lowest BCUT2D eigenvalue weighted by molar-refractivity contribution is 0.0492. The second-order valence-electron chi connectivity index (χ2n) is 9.18. The normalized spacial score (nSPS) is 17.9. The molecule has 1 aliphatic rings. The summed E-state index contributed by atoms with van der Waals surface area (Å²) in [6.45, 7) is 5.12. The van der Waals surface area contributed by atoms with E-state index in [0.29, 0.717) is 23.0 Å². The first-order valence-electron chi connectivity index (χ1n) is 10.6. The van der Waals surface area contributed by atoms with Gasteiger partial charge >= 0.3 is 6.09 Å². The zero-order valence-corrected chi connectivity index (χ0v) is 18.8. The number of hydrazine groups is 1. The van der Waals surface area contributed by atoms with Crippen LogP contribution in [0.1, 0.15) is 54.0 Å². The lowest BCUT2D eigenvalue weighted by atomic mass is 9.80. The lowest BCUT2D eigenvalue weighted by Crippen LogP contribution is -2.46. The van der Waals surface area contributed by atoms with Crippen LogP contribution in [0.5, 0.6) is 0 Å². The van der Waals surface area contributed by atoms with Crippen LogP contribution in [-0.2, 0) is 17.6 Å². The van der Waals surface area contributed by atoms with Crippen molar-refractivity contribution in [2.24, 2.45) is 5.84 Å². The number of aromatic nitrogens is 2. The highest BCUT2D eigenvalue weighted by Crippen LogP contribution is 2.35. The molecule has 2 atom stereocenters. The molecule has 4 rings (SSSR count). The van der Waals surface area contributed by atoms with Gasteiger partial charge in [0.05, 0.1) is 5.69 Å². The predicted molar refractivity (Wildman–Crippen MR) is 116 cm³/mol. The van der Waals surface area contributed by atoms with Crippen molar-refractivity contribution in [1.29, 1.82) is 0 Å². The quantitative estimate of drug-likeness (QED) is 0.233. The van der Waals surface area contributed by atoms with Gasteiger partial charge in [0.2, 0.25) is 0 Å². The number of nitrogens with one attached hydrogen (secondary N) is 2. The highest BCUT2D eigenvalue weighted by Gasteiger charge is 2.36. The van der Waals surface area contributed by atoms with Crippen LogP contribution < -0.4 is 16.6 Å². The Kier molecular flexibility index (Phi) is 5.98. The van der Waals surface area contributed by atoms with Crippen LogP contribution in [0.15, 0.2) is 30.5 Å². The molecule has 0 bridgehead atoms. The minimum Gasteiger partial charge on any atom is -0.444 e. The molecule has 2 amide bonds. The number of rotatable bonds is 3. The van der Waals surface area contributed by atoms with E-state index in [0.717, 1.165) is 11.8 Å². The molecule has 1 aliphatic carbocycles. The van der Waals surface area contributed by atoms with Crippen molar-refractivity contribution in [3.63, 3.8) is 0 Å². The number of pyridine rings is 1. The summed E-state index contributed by atoms with van der Waals surface area (Å²) in [6.07, 6.45) is 1.28. The molecule has 11 heteroatoms. The van der Waals surface area contributed by atoms with E-state index >= 15 is 0 Å². The third-order valence-corrected chi connectivity index (χ3v) is 5.65. The van der Waals surface area contributed by atoms with Gasteiger partial charge in [-0.1, -0.05) is 0 Å². The number of amides is 2. The molecule has 0 aliphatic heterocycles. The average Bonchev–Trinajstić information content (AvgIpc) is 3.10. The van der Waals surface area contributed by atoms with Gasteiger partial charge in [-0.15, -0.1) is 0 Å². The smallest absolute Gasteiger partial charge is 0.407 e. The van der Waals surface area contributed by atoms with Gasteiger partial charge in [-0.05, 0) is 44.5 Å². The maximum absolute atomic E-state index is 14.7. The molecule has 0 spiro atoms. The Morgan fingerprint density at radius 1 is 1.12 bits per heavy atom. The highest BCUT2D eigenvalue weighted by molar-refractivity contribution is 5.94. The number of carbonyl (C=O) groups is 2. The zero-order valence-electron chi connectivity index (χ0n) is 18.8. The first-order valence-corrected chi connectivity index (χ1v) is 10.6. The molecule has 0 radical (unpaired) electrons. The summed E-state index contributed by atoms with van der Waals surface area (Å²) in [6, 6.07) is 3.71. The molecule has 0 fully saturated rings. The van der Waals surface area contributed by atoms with Gasteiger partial charge in [-0.2, -0.15) is 0 Å². The number of carbonyl (C=O) groups excluding carboxylic acids is 2. The van der Waals surface area contributed by atoms with E-state index < -0.39 is 47.0 Å². The molecule has 0 unspecified atom stereocenters. The van der Waals surface area contributed by atoms with E-state index in [1.807, 2.05) is 0 Å². The Bertz CT molecular complexity index is 1290. The summed E-state index contributed by atoms with van der Waals surface area (Å²) >= 11 is 0. The van der Waals surface area contributed by atoms with Crippen LogP contribution in [0.4, 0.5) is 18.0 Å². The number of benzene rings is 1. The summed E-state index contributed by atoms with van der Waals surface area (Å²) < 4.78 is 49.4. The van der Waals surface area contributed by atoms with Crippen molar-refractivity contribution in [3.8, 4) is 0 Å². The van der Waals surface area contributed by atoms with Crippen molar-refractivity contribution < 1.29 is 27.5 Å². The number of nitrogens with two attached hydrogens (primary N) is 1. The van der Waals surface area contributed by atoms with Crippen molar-refractivity contribution in [3.05, 3.63) is 70.4 Å². The second kappa shape index (κ2) is 8.64. The minimum absolute atomic E-state index is 0.0779. The monoisotopic (exact) mass is 475 g/mol. The Morgan fingerprint density at radius 2 is 1.82 bits per heavy atom. The number of fused-ring (bicyclic) bond motifs is 3. The summed E-state index contributed by atoms with van der Waals surface area (Å²) in [4.78, 5) is 29.0. The molecule has 180 valence electrons. The van der Waals surface area contributed by atoms with Gasteiger partial charge in [0.1, 0.15) is 17.1 Å². The van der Waals surface area contributed by atoms with E-state index in [-0.39, 0.29) is 18.4 Å². The predicted octanol–water partition coefficient (Wildman–Crippen LogP) is 3.13. The molecule has 34 heavy (non-hydrogen) atoms. The fourth-order valence-corrected chi connectivity index (χ4v) is 4.21. The van der Waals surface area contributed by atoms with Crippen molar-refractivity contribution >= 4 is 17.6 Å². The second-order valence-corrected chi connectivity index (χ2v) is 9.18. The van der Waals surface area contributed by atoms with Gasteiger partial charge in [-0.3, -0.25) is 10.2 Å². The number of nitrogens with zero attached hydrogens (tertiary/aromatic N) is 2. The third-order valence-electron chi connectivity index (χ3n) is 5.65. The van der Waals surface area contributed by atoms with Crippen molar-refractivity contribution in [2.45, 2.75) is 51.2 Å². The largest absolute Gasteiger partial charge is 0.444 e. The molecular weight excluding hydrogens is 451 g/mol. The molecular formula is C23H24F3N5O3. The zero-order chi connectivity index (χ0) is 24.8. The van der Waals surface area contributed by atoms with Crippen LogP contribution in [0.2, 0.25) is 0 Å². The topological polar surface area (TPSA) is 111 Å². The lowest BCUT2D eigenvalue weighted by Gasteiger charge is -2.33. The number of hydrogen-bond donors (Lipinski definition) is 3. The van der Waals surface area contributed by atoms with E-state index in [1.165, 1.54) is 0 Å². The summed E-state index contributed by atoms with van der Waals surface area (Å²) in [5.74, 6) is 0.557. The molecule has 3 aromatic rings. The number of alkyl carbamates (subject to hydrolysis) is 1. The Balaban J connectivity index is 1.76. The van der Waals surface area contributed by atoms with Crippen LogP contribution in [0, 0.1) is 17.5 Å². The Morgan fingerprint density at radius 3 is 2.50 bits per heavy atom. The van der Waals surface area contributed by atoms with E-state index in [1.54, 1.807) is 43.5 Å².